The number of rotatable bonds is 3. The first-order valence-electron chi connectivity index (χ1n) is 6.93. The van der Waals surface area contributed by atoms with Gasteiger partial charge in [-0.1, -0.05) is 0 Å². The van der Waals surface area contributed by atoms with Crippen LogP contribution in [0.4, 0.5) is 5.95 Å². The summed E-state index contributed by atoms with van der Waals surface area (Å²) in [6.45, 7) is 5.75. The third-order valence-electron chi connectivity index (χ3n) is 3.70. The zero-order valence-corrected chi connectivity index (χ0v) is 12.7. The molecule has 1 aliphatic rings. The molecule has 0 spiro atoms. The summed E-state index contributed by atoms with van der Waals surface area (Å²) in [5, 5.41) is 1.07. The third-order valence-corrected chi connectivity index (χ3v) is 4.58. The van der Waals surface area contributed by atoms with Gasteiger partial charge in [-0.3, -0.25) is 0 Å². The molecule has 20 heavy (non-hydrogen) atoms. The standard InChI is InChI=1S/C14H19N5S/c1-9-13(17-10(2)20-9)12-5-6-16-14(18-12)19-7-3-4-11(19)8-15/h5-6,11H,3-4,7-8,15H2,1-2H3. The van der Waals surface area contributed by atoms with Gasteiger partial charge in [-0.25, -0.2) is 15.0 Å². The highest BCUT2D eigenvalue weighted by atomic mass is 32.1. The minimum absolute atomic E-state index is 0.364. The van der Waals surface area contributed by atoms with Gasteiger partial charge in [0.15, 0.2) is 0 Å². The Kier molecular flexibility index (Phi) is 3.67. The summed E-state index contributed by atoms with van der Waals surface area (Å²) in [6, 6.07) is 2.29. The van der Waals surface area contributed by atoms with Crippen molar-refractivity contribution in [1.29, 1.82) is 0 Å². The lowest BCUT2D eigenvalue weighted by Gasteiger charge is -2.23. The summed E-state index contributed by atoms with van der Waals surface area (Å²) >= 11 is 1.70. The Morgan fingerprint density at radius 1 is 1.40 bits per heavy atom. The van der Waals surface area contributed by atoms with E-state index in [1.807, 2.05) is 19.2 Å². The van der Waals surface area contributed by atoms with Crippen molar-refractivity contribution in [3.63, 3.8) is 0 Å². The predicted octanol–water partition coefficient (Wildman–Crippen LogP) is 2.14. The van der Waals surface area contributed by atoms with Crippen molar-refractivity contribution in [2.24, 2.45) is 5.73 Å². The zero-order chi connectivity index (χ0) is 14.1. The van der Waals surface area contributed by atoms with Crippen molar-refractivity contribution in [2.45, 2.75) is 32.7 Å². The van der Waals surface area contributed by atoms with E-state index < -0.39 is 0 Å². The van der Waals surface area contributed by atoms with Gasteiger partial charge < -0.3 is 10.6 Å². The van der Waals surface area contributed by atoms with E-state index in [-0.39, 0.29) is 0 Å². The normalized spacial score (nSPS) is 18.8. The molecule has 2 aromatic rings. The number of hydrogen-bond acceptors (Lipinski definition) is 6. The van der Waals surface area contributed by atoms with Crippen LogP contribution in [0.15, 0.2) is 12.3 Å². The van der Waals surface area contributed by atoms with E-state index in [4.69, 9.17) is 10.7 Å². The van der Waals surface area contributed by atoms with Crippen LogP contribution in [0.2, 0.25) is 0 Å². The average Bonchev–Trinajstić information content (AvgIpc) is 3.05. The molecule has 0 bridgehead atoms. The van der Waals surface area contributed by atoms with Crippen LogP contribution < -0.4 is 10.6 Å². The summed E-state index contributed by atoms with van der Waals surface area (Å²) < 4.78 is 0. The Hall–Kier alpha value is -1.53. The maximum absolute atomic E-state index is 5.83. The molecule has 1 saturated heterocycles. The quantitative estimate of drug-likeness (QED) is 0.937. The molecule has 106 valence electrons. The topological polar surface area (TPSA) is 67.9 Å². The van der Waals surface area contributed by atoms with Gasteiger partial charge in [-0.2, -0.15) is 0 Å². The molecule has 1 atom stereocenters. The van der Waals surface area contributed by atoms with Gasteiger partial charge in [-0.15, -0.1) is 11.3 Å². The van der Waals surface area contributed by atoms with Crippen molar-refractivity contribution in [3.8, 4) is 11.4 Å². The largest absolute Gasteiger partial charge is 0.337 e. The zero-order valence-electron chi connectivity index (χ0n) is 11.8. The number of nitrogens with zero attached hydrogens (tertiary/aromatic N) is 4. The first kappa shape index (κ1) is 13.5. The first-order chi connectivity index (χ1) is 9.69. The molecule has 0 saturated carbocycles. The number of aryl methyl sites for hydroxylation is 2. The van der Waals surface area contributed by atoms with Crippen LogP contribution in [-0.2, 0) is 0 Å². The van der Waals surface area contributed by atoms with Crippen LogP contribution in [-0.4, -0.2) is 34.1 Å². The minimum atomic E-state index is 0.364. The maximum Gasteiger partial charge on any atom is 0.226 e. The van der Waals surface area contributed by atoms with Crippen molar-refractivity contribution in [2.75, 3.05) is 18.0 Å². The number of hydrogen-bond donors (Lipinski definition) is 1. The molecule has 0 radical (unpaired) electrons. The summed E-state index contributed by atoms with van der Waals surface area (Å²) in [4.78, 5) is 17.1. The Balaban J connectivity index is 1.95. The molecule has 1 fully saturated rings. The highest BCUT2D eigenvalue weighted by molar-refractivity contribution is 7.11. The number of aromatic nitrogens is 3. The summed E-state index contributed by atoms with van der Waals surface area (Å²) in [5.41, 5.74) is 7.70. The lowest BCUT2D eigenvalue weighted by Crippen LogP contribution is -2.36. The number of thiazole rings is 1. The third kappa shape index (κ3) is 2.41. The van der Waals surface area contributed by atoms with Gasteiger partial charge in [0, 0.05) is 30.2 Å². The molecule has 6 heteroatoms. The second-order valence-electron chi connectivity index (χ2n) is 5.10. The van der Waals surface area contributed by atoms with Gasteiger partial charge in [0.05, 0.1) is 10.7 Å². The summed E-state index contributed by atoms with van der Waals surface area (Å²) in [7, 11) is 0. The molecule has 1 unspecified atom stereocenters. The van der Waals surface area contributed by atoms with Crippen LogP contribution in [0, 0.1) is 13.8 Å². The molecule has 5 nitrogen and oxygen atoms in total. The highest BCUT2D eigenvalue weighted by Gasteiger charge is 2.25. The number of anilines is 1. The first-order valence-corrected chi connectivity index (χ1v) is 7.75. The van der Waals surface area contributed by atoms with Crippen LogP contribution in [0.1, 0.15) is 22.7 Å². The van der Waals surface area contributed by atoms with Crippen LogP contribution in [0.3, 0.4) is 0 Å². The molecule has 2 N–H and O–H groups in total. The Bertz CT molecular complexity index is 609. The lowest BCUT2D eigenvalue weighted by molar-refractivity contribution is 0.664. The maximum atomic E-state index is 5.83. The molecule has 0 amide bonds. The monoisotopic (exact) mass is 289 g/mol. The van der Waals surface area contributed by atoms with Gasteiger partial charge >= 0.3 is 0 Å². The van der Waals surface area contributed by atoms with E-state index >= 15 is 0 Å². The fourth-order valence-corrected chi connectivity index (χ4v) is 3.56. The molecular weight excluding hydrogens is 270 g/mol. The molecule has 0 aromatic carbocycles. The van der Waals surface area contributed by atoms with Crippen molar-refractivity contribution in [1.82, 2.24) is 15.0 Å². The Morgan fingerprint density at radius 3 is 2.95 bits per heavy atom. The van der Waals surface area contributed by atoms with Crippen LogP contribution >= 0.6 is 11.3 Å². The average molecular weight is 289 g/mol. The fourth-order valence-electron chi connectivity index (χ4n) is 2.73. The van der Waals surface area contributed by atoms with Crippen molar-refractivity contribution >= 4 is 17.3 Å². The van der Waals surface area contributed by atoms with Crippen LogP contribution in [0.5, 0.6) is 0 Å². The summed E-state index contributed by atoms with van der Waals surface area (Å²) in [5.74, 6) is 0.778. The summed E-state index contributed by atoms with van der Waals surface area (Å²) in [6.07, 6.45) is 4.10. The molecular formula is C14H19N5S. The van der Waals surface area contributed by atoms with E-state index in [0.717, 1.165) is 41.7 Å². The predicted molar refractivity (Wildman–Crippen MR) is 82.0 cm³/mol. The fraction of sp³-hybridized carbons (Fsp3) is 0.500. The van der Waals surface area contributed by atoms with Gasteiger partial charge in [-0.05, 0) is 32.8 Å². The van der Waals surface area contributed by atoms with Crippen molar-refractivity contribution < 1.29 is 0 Å². The number of nitrogens with two attached hydrogens (primary N) is 1. The molecule has 0 aliphatic carbocycles. The van der Waals surface area contributed by atoms with E-state index in [9.17, 15) is 0 Å². The molecule has 1 aliphatic heterocycles. The second-order valence-corrected chi connectivity index (χ2v) is 6.51. The van der Waals surface area contributed by atoms with Gasteiger partial charge in [0.1, 0.15) is 5.69 Å². The molecule has 2 aromatic heterocycles. The lowest BCUT2D eigenvalue weighted by atomic mass is 10.2. The Labute approximate surface area is 122 Å². The van der Waals surface area contributed by atoms with Crippen LogP contribution in [0.25, 0.3) is 11.4 Å². The SMILES string of the molecule is Cc1nc(-c2ccnc(N3CCCC3CN)n2)c(C)s1. The molecule has 3 heterocycles. The van der Waals surface area contributed by atoms with Gasteiger partial charge in [0.25, 0.3) is 0 Å². The van der Waals surface area contributed by atoms with E-state index in [1.165, 1.54) is 4.88 Å². The van der Waals surface area contributed by atoms with Crippen molar-refractivity contribution in [3.05, 3.63) is 22.1 Å². The van der Waals surface area contributed by atoms with E-state index in [0.29, 0.717) is 12.6 Å². The van der Waals surface area contributed by atoms with E-state index in [1.54, 1.807) is 11.3 Å². The van der Waals surface area contributed by atoms with E-state index in [2.05, 4.69) is 21.8 Å². The smallest absolute Gasteiger partial charge is 0.226 e. The van der Waals surface area contributed by atoms with Gasteiger partial charge in [0.2, 0.25) is 5.95 Å². The minimum Gasteiger partial charge on any atom is -0.337 e. The Morgan fingerprint density at radius 2 is 2.25 bits per heavy atom. The molecule has 3 rings (SSSR count). The highest BCUT2D eigenvalue weighted by Crippen LogP contribution is 2.28. The second kappa shape index (κ2) is 5.46.